The lowest BCUT2D eigenvalue weighted by Gasteiger charge is -2.03. The summed E-state index contributed by atoms with van der Waals surface area (Å²) in [7, 11) is 0. The first-order valence-electron chi connectivity index (χ1n) is 4.35. The number of fused-ring (bicyclic) bond motifs is 1. The number of halogens is 1. The van der Waals surface area contributed by atoms with E-state index in [-0.39, 0.29) is 0 Å². The van der Waals surface area contributed by atoms with Crippen molar-refractivity contribution in [3.05, 3.63) is 47.5 Å². The van der Waals surface area contributed by atoms with Gasteiger partial charge in [-0.3, -0.25) is 0 Å². The molecule has 0 aromatic heterocycles. The number of aryl methyl sites for hydroxylation is 1. The molecule has 0 spiro atoms. The molecule has 0 aliphatic heterocycles. The summed E-state index contributed by atoms with van der Waals surface area (Å²) >= 11 is 2.41. The van der Waals surface area contributed by atoms with Crippen LogP contribution in [0.25, 0.3) is 10.8 Å². The van der Waals surface area contributed by atoms with Gasteiger partial charge in [0, 0.05) is 4.43 Å². The summed E-state index contributed by atoms with van der Waals surface area (Å²) in [5, 5.41) is 2.75. The lowest BCUT2D eigenvalue weighted by Crippen LogP contribution is -1.81. The normalized spacial score (nSPS) is 10.6. The second-order valence-corrected chi connectivity index (χ2v) is 4.04. The molecular formula is C12H11I. The predicted molar refractivity (Wildman–Crippen MR) is 66.4 cm³/mol. The van der Waals surface area contributed by atoms with Crippen LogP contribution in [0, 0.1) is 6.92 Å². The number of hydrogen-bond acceptors (Lipinski definition) is 0. The van der Waals surface area contributed by atoms with Crippen molar-refractivity contribution in [1.29, 1.82) is 0 Å². The smallest absolute Gasteiger partial charge is 0.0253 e. The third-order valence-corrected chi connectivity index (χ3v) is 3.09. The van der Waals surface area contributed by atoms with Gasteiger partial charge in [0.15, 0.2) is 0 Å². The highest BCUT2D eigenvalue weighted by molar-refractivity contribution is 14.1. The van der Waals surface area contributed by atoms with Crippen LogP contribution in [-0.2, 0) is 4.43 Å². The van der Waals surface area contributed by atoms with Crippen molar-refractivity contribution in [3.8, 4) is 0 Å². The van der Waals surface area contributed by atoms with Gasteiger partial charge in [0.2, 0.25) is 0 Å². The van der Waals surface area contributed by atoms with E-state index >= 15 is 0 Å². The minimum Gasteiger partial charge on any atom is -0.0812 e. The molecule has 0 N–H and O–H groups in total. The topological polar surface area (TPSA) is 0 Å². The molecular weight excluding hydrogens is 271 g/mol. The van der Waals surface area contributed by atoms with E-state index in [4.69, 9.17) is 0 Å². The Morgan fingerprint density at radius 3 is 2.77 bits per heavy atom. The van der Waals surface area contributed by atoms with Crippen LogP contribution in [-0.4, -0.2) is 0 Å². The van der Waals surface area contributed by atoms with Crippen LogP contribution >= 0.6 is 22.6 Å². The Kier molecular flexibility index (Phi) is 2.54. The summed E-state index contributed by atoms with van der Waals surface area (Å²) in [6.45, 7) is 2.14. The Balaban J connectivity index is 2.77. The Labute approximate surface area is 92.1 Å². The van der Waals surface area contributed by atoms with E-state index in [1.807, 2.05) is 0 Å². The first-order valence-corrected chi connectivity index (χ1v) is 5.88. The SMILES string of the molecule is Cc1ccc2c(CI)cccc2c1. The van der Waals surface area contributed by atoms with Crippen LogP contribution in [0.3, 0.4) is 0 Å². The van der Waals surface area contributed by atoms with Gasteiger partial charge in [0.05, 0.1) is 0 Å². The highest BCUT2D eigenvalue weighted by Gasteiger charge is 1.98. The highest BCUT2D eigenvalue weighted by Crippen LogP contribution is 2.21. The lowest BCUT2D eigenvalue weighted by molar-refractivity contribution is 1.47. The molecule has 0 amide bonds. The van der Waals surface area contributed by atoms with Gasteiger partial charge in [0.1, 0.15) is 0 Å². The molecule has 0 saturated carbocycles. The minimum absolute atomic E-state index is 1.08. The maximum Gasteiger partial charge on any atom is 0.0253 e. The quantitative estimate of drug-likeness (QED) is 0.546. The summed E-state index contributed by atoms with van der Waals surface area (Å²) in [4.78, 5) is 0. The molecule has 13 heavy (non-hydrogen) atoms. The molecule has 0 fully saturated rings. The van der Waals surface area contributed by atoms with E-state index in [9.17, 15) is 0 Å². The van der Waals surface area contributed by atoms with Gasteiger partial charge in [0.25, 0.3) is 0 Å². The summed E-state index contributed by atoms with van der Waals surface area (Å²) in [6, 6.07) is 13.2. The maximum absolute atomic E-state index is 2.41. The average molecular weight is 282 g/mol. The predicted octanol–water partition coefficient (Wildman–Crippen LogP) is 4.08. The molecule has 0 heterocycles. The largest absolute Gasteiger partial charge is 0.0812 e. The standard InChI is InChI=1S/C12H11I/c1-9-5-6-12-10(7-9)3-2-4-11(12)8-13/h2-7H,8H2,1H3. The summed E-state index contributed by atoms with van der Waals surface area (Å²) in [5.41, 5.74) is 2.76. The average Bonchev–Trinajstić information content (AvgIpc) is 2.16. The van der Waals surface area contributed by atoms with E-state index in [0.29, 0.717) is 0 Å². The van der Waals surface area contributed by atoms with Crippen molar-refractivity contribution < 1.29 is 0 Å². The molecule has 0 bridgehead atoms. The van der Waals surface area contributed by atoms with Crippen molar-refractivity contribution in [2.24, 2.45) is 0 Å². The van der Waals surface area contributed by atoms with E-state index in [0.717, 1.165) is 4.43 Å². The van der Waals surface area contributed by atoms with Crippen LogP contribution < -0.4 is 0 Å². The summed E-state index contributed by atoms with van der Waals surface area (Å²) in [5.74, 6) is 0. The van der Waals surface area contributed by atoms with E-state index < -0.39 is 0 Å². The molecule has 2 aromatic rings. The van der Waals surface area contributed by atoms with Crippen LogP contribution in [0.1, 0.15) is 11.1 Å². The summed E-state index contributed by atoms with van der Waals surface area (Å²) < 4.78 is 1.08. The molecule has 0 radical (unpaired) electrons. The van der Waals surface area contributed by atoms with Gasteiger partial charge in [-0.15, -0.1) is 0 Å². The Hall–Kier alpha value is -0.570. The number of hydrogen-bond donors (Lipinski definition) is 0. The molecule has 2 rings (SSSR count). The fraction of sp³-hybridized carbons (Fsp3) is 0.167. The first-order chi connectivity index (χ1) is 6.31. The highest BCUT2D eigenvalue weighted by atomic mass is 127. The monoisotopic (exact) mass is 282 g/mol. The van der Waals surface area contributed by atoms with Crippen molar-refractivity contribution in [3.63, 3.8) is 0 Å². The van der Waals surface area contributed by atoms with Crippen molar-refractivity contribution in [1.82, 2.24) is 0 Å². The number of alkyl halides is 1. The number of rotatable bonds is 1. The van der Waals surface area contributed by atoms with Crippen LogP contribution in [0.15, 0.2) is 36.4 Å². The Bertz CT molecular complexity index is 432. The van der Waals surface area contributed by atoms with Gasteiger partial charge in [-0.25, -0.2) is 0 Å². The third kappa shape index (κ3) is 1.70. The second kappa shape index (κ2) is 3.66. The molecule has 2 aromatic carbocycles. The zero-order chi connectivity index (χ0) is 9.26. The molecule has 0 atom stereocenters. The fourth-order valence-electron chi connectivity index (χ4n) is 1.59. The first kappa shape index (κ1) is 9.00. The van der Waals surface area contributed by atoms with Gasteiger partial charge >= 0.3 is 0 Å². The van der Waals surface area contributed by atoms with Crippen LogP contribution in [0.5, 0.6) is 0 Å². The van der Waals surface area contributed by atoms with Gasteiger partial charge in [-0.2, -0.15) is 0 Å². The third-order valence-electron chi connectivity index (χ3n) is 2.27. The zero-order valence-corrected chi connectivity index (χ0v) is 9.71. The number of benzene rings is 2. The molecule has 1 heteroatoms. The van der Waals surface area contributed by atoms with Gasteiger partial charge in [-0.05, 0) is 23.3 Å². The van der Waals surface area contributed by atoms with Crippen LogP contribution in [0.4, 0.5) is 0 Å². The van der Waals surface area contributed by atoms with E-state index in [1.165, 1.54) is 21.9 Å². The molecule has 0 unspecified atom stereocenters. The summed E-state index contributed by atoms with van der Waals surface area (Å²) in [6.07, 6.45) is 0. The molecule has 0 aliphatic rings. The Morgan fingerprint density at radius 1 is 1.15 bits per heavy atom. The van der Waals surface area contributed by atoms with E-state index in [2.05, 4.69) is 65.9 Å². The minimum atomic E-state index is 1.08. The van der Waals surface area contributed by atoms with Crippen molar-refractivity contribution in [2.75, 3.05) is 0 Å². The zero-order valence-electron chi connectivity index (χ0n) is 7.55. The molecule has 0 nitrogen and oxygen atoms in total. The fourth-order valence-corrected chi connectivity index (χ4v) is 2.25. The second-order valence-electron chi connectivity index (χ2n) is 3.28. The van der Waals surface area contributed by atoms with Crippen LogP contribution in [0.2, 0.25) is 0 Å². The van der Waals surface area contributed by atoms with Gasteiger partial charge < -0.3 is 0 Å². The Morgan fingerprint density at radius 2 is 2.00 bits per heavy atom. The lowest BCUT2D eigenvalue weighted by atomic mass is 10.0. The van der Waals surface area contributed by atoms with Crippen molar-refractivity contribution >= 4 is 33.4 Å². The molecule has 0 aliphatic carbocycles. The molecule has 66 valence electrons. The van der Waals surface area contributed by atoms with Gasteiger partial charge in [-0.1, -0.05) is 64.6 Å². The van der Waals surface area contributed by atoms with Crippen molar-refractivity contribution in [2.45, 2.75) is 11.4 Å². The molecule has 0 saturated heterocycles. The maximum atomic E-state index is 2.41. The van der Waals surface area contributed by atoms with E-state index in [1.54, 1.807) is 0 Å².